The second kappa shape index (κ2) is 17.6. The number of aromatic nitrogens is 4. The van der Waals surface area contributed by atoms with Crippen LogP contribution in [-0.4, -0.2) is 19.9 Å². The second-order valence-electron chi connectivity index (χ2n) is 19.2. The molecule has 4 heteroatoms. The van der Waals surface area contributed by atoms with Gasteiger partial charge < -0.3 is 0 Å². The monoisotopic (exact) mass is 942 g/mol. The van der Waals surface area contributed by atoms with Gasteiger partial charge in [-0.1, -0.05) is 273 Å². The molecule has 2 aromatic heterocycles. The van der Waals surface area contributed by atoms with Gasteiger partial charge >= 0.3 is 0 Å². The van der Waals surface area contributed by atoms with Crippen molar-refractivity contribution in [3.63, 3.8) is 0 Å². The minimum atomic E-state index is -0.754. The van der Waals surface area contributed by atoms with Gasteiger partial charge in [-0.05, 0) is 56.1 Å². The van der Waals surface area contributed by atoms with Crippen LogP contribution in [0.5, 0.6) is 0 Å². The third-order valence-electron chi connectivity index (χ3n) is 15.3. The summed E-state index contributed by atoms with van der Waals surface area (Å²) in [5.41, 5.74) is 19.9. The summed E-state index contributed by atoms with van der Waals surface area (Å²) < 4.78 is 0. The van der Waals surface area contributed by atoms with Crippen molar-refractivity contribution in [3.8, 4) is 78.8 Å². The van der Waals surface area contributed by atoms with Gasteiger partial charge in [0.05, 0.1) is 33.6 Å². The number of rotatable bonds is 9. The first-order valence-corrected chi connectivity index (χ1v) is 25.3. The molecule has 0 spiro atoms. The minimum Gasteiger partial charge on any atom is -0.231 e. The van der Waals surface area contributed by atoms with E-state index in [-0.39, 0.29) is 0 Å². The standard InChI is InChI=1S/C70H46N4/c1-7-24-48(25-8-1)64-62-65(73-67(72-64)50-26-9-2-10-27-50)58-39-20-22-41-60(58)69(62,53-31-13-4-14-32-53)56-37-23-30-52(46-56)47-42-44-49(45-43-47)63-61-57-38-19-21-40-59(57)70(54-33-15-5-16-34-54,55-35-17-6-18-36-55)66(61)74-68(71-63)51-28-11-3-12-29-51/h1-46H. The Balaban J connectivity index is 0.967. The smallest absolute Gasteiger partial charge is 0.160 e. The summed E-state index contributed by atoms with van der Waals surface area (Å²) in [6, 6.07) is 99.7. The summed E-state index contributed by atoms with van der Waals surface area (Å²) in [4.78, 5) is 22.2. The average molecular weight is 943 g/mol. The molecule has 0 saturated heterocycles. The SMILES string of the molecule is c1ccc(-c2nc(-c3ccccc3)c3c(n2)-c2ccccc2C3(c2ccccc2)c2cccc(-c3ccc(-c4nc(-c5ccccc5)nc5c4-c4ccccc4C5(c4ccccc4)c4ccccc4)cc3)c2)cc1. The van der Waals surface area contributed by atoms with Crippen LogP contribution in [0.4, 0.5) is 0 Å². The van der Waals surface area contributed by atoms with Gasteiger partial charge in [0.25, 0.3) is 0 Å². The van der Waals surface area contributed by atoms with Crippen LogP contribution in [0.1, 0.15) is 44.6 Å². The van der Waals surface area contributed by atoms with Gasteiger partial charge in [-0.2, -0.15) is 0 Å². The molecule has 1 unspecified atom stereocenters. The maximum atomic E-state index is 5.63. The third-order valence-corrected chi connectivity index (χ3v) is 15.3. The van der Waals surface area contributed by atoms with Gasteiger partial charge in [-0.25, -0.2) is 19.9 Å². The summed E-state index contributed by atoms with van der Waals surface area (Å²) in [6.07, 6.45) is 0. The van der Waals surface area contributed by atoms with Crippen LogP contribution in [0.3, 0.4) is 0 Å². The normalized spacial score (nSPS) is 14.6. The first-order chi connectivity index (χ1) is 36.7. The predicted molar refractivity (Wildman–Crippen MR) is 299 cm³/mol. The molecule has 74 heavy (non-hydrogen) atoms. The summed E-state index contributed by atoms with van der Waals surface area (Å²) in [6.45, 7) is 0. The van der Waals surface area contributed by atoms with E-state index in [0.29, 0.717) is 11.6 Å². The lowest BCUT2D eigenvalue weighted by atomic mass is 9.66. The molecule has 12 aromatic rings. The van der Waals surface area contributed by atoms with Crippen molar-refractivity contribution in [2.24, 2.45) is 0 Å². The number of benzene rings is 10. The fourth-order valence-corrected chi connectivity index (χ4v) is 12.1. The molecule has 0 aliphatic heterocycles. The van der Waals surface area contributed by atoms with Crippen molar-refractivity contribution >= 4 is 0 Å². The Morgan fingerprint density at radius 1 is 0.243 bits per heavy atom. The Bertz CT molecular complexity index is 3990. The van der Waals surface area contributed by atoms with E-state index in [9.17, 15) is 0 Å². The quantitative estimate of drug-likeness (QED) is 0.145. The first-order valence-electron chi connectivity index (χ1n) is 25.3. The number of hydrogen-bond acceptors (Lipinski definition) is 4. The van der Waals surface area contributed by atoms with Gasteiger partial charge in [0.1, 0.15) is 0 Å². The van der Waals surface area contributed by atoms with Gasteiger partial charge in [0.15, 0.2) is 11.6 Å². The van der Waals surface area contributed by atoms with E-state index >= 15 is 0 Å². The van der Waals surface area contributed by atoms with Gasteiger partial charge in [0, 0.05) is 38.9 Å². The van der Waals surface area contributed by atoms with Crippen LogP contribution in [0.15, 0.2) is 279 Å². The van der Waals surface area contributed by atoms with E-state index in [1.807, 2.05) is 12.1 Å². The van der Waals surface area contributed by atoms with Crippen molar-refractivity contribution in [1.29, 1.82) is 0 Å². The molecule has 0 radical (unpaired) electrons. The molecule has 0 N–H and O–H groups in total. The van der Waals surface area contributed by atoms with E-state index in [4.69, 9.17) is 19.9 Å². The highest BCUT2D eigenvalue weighted by Crippen LogP contribution is 2.60. The Morgan fingerprint density at radius 3 is 1.22 bits per heavy atom. The average Bonchev–Trinajstić information content (AvgIpc) is 3.98. The van der Waals surface area contributed by atoms with E-state index in [1.54, 1.807) is 0 Å². The Labute approximate surface area is 431 Å². The largest absolute Gasteiger partial charge is 0.231 e. The Kier molecular flexibility index (Phi) is 10.3. The van der Waals surface area contributed by atoms with E-state index in [0.717, 1.165) is 101 Å². The van der Waals surface area contributed by atoms with E-state index in [2.05, 4.69) is 267 Å². The lowest BCUT2D eigenvalue weighted by Gasteiger charge is -2.35. The van der Waals surface area contributed by atoms with Gasteiger partial charge in [-0.15, -0.1) is 0 Å². The fourth-order valence-electron chi connectivity index (χ4n) is 12.1. The van der Waals surface area contributed by atoms with E-state index < -0.39 is 10.8 Å². The molecule has 0 bridgehead atoms. The van der Waals surface area contributed by atoms with Crippen LogP contribution in [0.25, 0.3) is 78.8 Å². The molecule has 10 aromatic carbocycles. The molecule has 0 fully saturated rings. The number of hydrogen-bond donors (Lipinski definition) is 0. The first kappa shape index (κ1) is 43.2. The molecule has 1 atom stereocenters. The third kappa shape index (κ3) is 6.62. The van der Waals surface area contributed by atoms with Crippen molar-refractivity contribution in [3.05, 3.63) is 324 Å². The molecule has 14 rings (SSSR count). The maximum absolute atomic E-state index is 5.63. The lowest BCUT2D eigenvalue weighted by Crippen LogP contribution is -2.30. The molecule has 0 amide bonds. The predicted octanol–water partition coefficient (Wildman–Crippen LogP) is 16.3. The van der Waals surface area contributed by atoms with Crippen molar-refractivity contribution in [2.75, 3.05) is 0 Å². The fraction of sp³-hybridized carbons (Fsp3) is 0.0286. The second-order valence-corrected chi connectivity index (χ2v) is 19.2. The summed E-state index contributed by atoms with van der Waals surface area (Å²) in [5, 5.41) is 0. The lowest BCUT2D eigenvalue weighted by molar-refractivity contribution is 0.736. The summed E-state index contributed by atoms with van der Waals surface area (Å²) in [7, 11) is 0. The Morgan fingerprint density at radius 2 is 0.635 bits per heavy atom. The number of fused-ring (bicyclic) bond motifs is 6. The highest BCUT2D eigenvalue weighted by Gasteiger charge is 2.51. The van der Waals surface area contributed by atoms with Gasteiger partial charge in [0.2, 0.25) is 0 Å². The molecule has 4 nitrogen and oxygen atoms in total. The number of nitrogens with zero attached hydrogens (tertiary/aromatic N) is 4. The maximum Gasteiger partial charge on any atom is 0.160 e. The van der Waals surface area contributed by atoms with Crippen LogP contribution >= 0.6 is 0 Å². The summed E-state index contributed by atoms with van der Waals surface area (Å²) in [5.74, 6) is 1.40. The summed E-state index contributed by atoms with van der Waals surface area (Å²) >= 11 is 0. The molecule has 2 heterocycles. The highest BCUT2D eigenvalue weighted by atomic mass is 14.9. The topological polar surface area (TPSA) is 51.6 Å². The van der Waals surface area contributed by atoms with Gasteiger partial charge in [-0.3, -0.25) is 0 Å². The molecule has 346 valence electrons. The zero-order chi connectivity index (χ0) is 49.1. The molecular formula is C70H46N4. The highest BCUT2D eigenvalue weighted by molar-refractivity contribution is 5.95. The van der Waals surface area contributed by atoms with Crippen molar-refractivity contribution < 1.29 is 0 Å². The van der Waals surface area contributed by atoms with Crippen LogP contribution < -0.4 is 0 Å². The van der Waals surface area contributed by atoms with Crippen LogP contribution in [0, 0.1) is 0 Å². The van der Waals surface area contributed by atoms with Crippen molar-refractivity contribution in [1.82, 2.24) is 19.9 Å². The van der Waals surface area contributed by atoms with Crippen molar-refractivity contribution in [2.45, 2.75) is 10.8 Å². The molecule has 2 aliphatic carbocycles. The van der Waals surface area contributed by atoms with Crippen LogP contribution in [-0.2, 0) is 10.8 Å². The molecule has 0 saturated carbocycles. The van der Waals surface area contributed by atoms with E-state index in [1.165, 1.54) is 11.1 Å². The van der Waals surface area contributed by atoms with Crippen LogP contribution in [0.2, 0.25) is 0 Å². The Hall–Kier alpha value is -9.64. The minimum absolute atomic E-state index is 0.684. The zero-order valence-corrected chi connectivity index (χ0v) is 40.3. The molecular weight excluding hydrogens is 897 g/mol. The zero-order valence-electron chi connectivity index (χ0n) is 40.3. The molecule has 2 aliphatic rings.